The minimum absolute atomic E-state index is 0.00122. The number of carboxylic acids is 1. The van der Waals surface area contributed by atoms with Crippen LogP contribution in [0.3, 0.4) is 0 Å². The first-order valence-electron chi connectivity index (χ1n) is 6.58. The first kappa shape index (κ1) is 18.4. The first-order valence-corrected chi connectivity index (χ1v) is 8.66. The van der Waals surface area contributed by atoms with Gasteiger partial charge in [-0.1, -0.05) is 49.5 Å². The number of hydrogen-bond acceptors (Lipinski definition) is 2. The molecule has 0 heterocycles. The van der Waals surface area contributed by atoms with Gasteiger partial charge in [-0.05, 0) is 24.5 Å². The van der Waals surface area contributed by atoms with E-state index >= 15 is 0 Å². The number of carboxylic acid groups (broad SMARTS) is 1. The summed E-state index contributed by atoms with van der Waals surface area (Å²) in [7, 11) is -1.55. The highest BCUT2D eigenvalue weighted by Gasteiger charge is 2.33. The van der Waals surface area contributed by atoms with Gasteiger partial charge in [0.25, 0.3) is 4.59 Å². The highest BCUT2D eigenvalue weighted by molar-refractivity contribution is 7.85. The van der Waals surface area contributed by atoms with Crippen molar-refractivity contribution in [3.05, 3.63) is 28.8 Å². The summed E-state index contributed by atoms with van der Waals surface area (Å²) in [6.07, 6.45) is 1.80. The van der Waals surface area contributed by atoms with Gasteiger partial charge in [0, 0.05) is 11.3 Å². The Bertz CT molecular complexity index is 556. The summed E-state index contributed by atoms with van der Waals surface area (Å²) in [6.45, 7) is 3.66. The lowest BCUT2D eigenvalue weighted by Crippen LogP contribution is -2.15. The molecule has 0 aliphatic heterocycles. The lowest BCUT2D eigenvalue weighted by Gasteiger charge is -2.19. The van der Waals surface area contributed by atoms with Crippen LogP contribution in [0.4, 0.5) is 4.39 Å². The molecule has 3 nitrogen and oxygen atoms in total. The summed E-state index contributed by atoms with van der Waals surface area (Å²) in [6, 6.07) is 2.44. The minimum Gasteiger partial charge on any atom is -0.478 e. The van der Waals surface area contributed by atoms with Gasteiger partial charge < -0.3 is 5.11 Å². The molecule has 0 saturated heterocycles. The molecule has 118 valence electrons. The average molecular weight is 355 g/mol. The van der Waals surface area contributed by atoms with Crippen molar-refractivity contribution in [1.29, 1.82) is 0 Å². The SMILES string of the molecule is CCCC[S@](=O)c1c(C(F)(Cl)Cl)ccc(C(=O)O)c1CC. The third-order valence-corrected chi connectivity index (χ3v) is 5.05. The largest absolute Gasteiger partial charge is 0.478 e. The molecule has 7 heteroatoms. The number of unbranched alkanes of at least 4 members (excludes halogenated alkanes) is 1. The van der Waals surface area contributed by atoms with Gasteiger partial charge >= 0.3 is 5.97 Å². The van der Waals surface area contributed by atoms with Crippen LogP contribution >= 0.6 is 23.2 Å². The number of hydrogen-bond donors (Lipinski definition) is 1. The van der Waals surface area contributed by atoms with Crippen LogP contribution in [-0.2, 0) is 21.8 Å². The van der Waals surface area contributed by atoms with Gasteiger partial charge in [0.1, 0.15) is 0 Å². The molecule has 21 heavy (non-hydrogen) atoms. The number of carbonyl (C=O) groups is 1. The number of halogens is 3. The van der Waals surface area contributed by atoms with E-state index in [1.54, 1.807) is 6.92 Å². The monoisotopic (exact) mass is 354 g/mol. The third kappa shape index (κ3) is 4.41. The summed E-state index contributed by atoms with van der Waals surface area (Å²) in [5.74, 6) is -0.843. The van der Waals surface area contributed by atoms with Crippen molar-refractivity contribution in [2.45, 2.75) is 42.6 Å². The molecule has 0 spiro atoms. The van der Waals surface area contributed by atoms with Crippen molar-refractivity contribution < 1.29 is 18.5 Å². The zero-order valence-corrected chi connectivity index (χ0v) is 14.1. The topological polar surface area (TPSA) is 54.4 Å². The predicted octanol–water partition coefficient (Wildman–Crippen LogP) is 4.41. The molecule has 1 atom stereocenters. The maximum atomic E-state index is 14.0. The van der Waals surface area contributed by atoms with Crippen LogP contribution in [0.5, 0.6) is 0 Å². The minimum atomic E-state index is -2.71. The van der Waals surface area contributed by atoms with Crippen LogP contribution in [0.2, 0.25) is 0 Å². The lowest BCUT2D eigenvalue weighted by atomic mass is 10.0. The second-order valence-electron chi connectivity index (χ2n) is 4.53. The summed E-state index contributed by atoms with van der Waals surface area (Å²) < 4.78 is 23.7. The lowest BCUT2D eigenvalue weighted by molar-refractivity contribution is 0.0695. The molecule has 1 aromatic carbocycles. The van der Waals surface area contributed by atoms with E-state index in [-0.39, 0.29) is 16.0 Å². The Kier molecular flexibility index (Phi) is 6.63. The van der Waals surface area contributed by atoms with Crippen LogP contribution in [0.15, 0.2) is 17.0 Å². The van der Waals surface area contributed by atoms with Gasteiger partial charge in [0.15, 0.2) is 0 Å². The smallest absolute Gasteiger partial charge is 0.336 e. The van der Waals surface area contributed by atoms with Crippen LogP contribution in [0.1, 0.15) is 48.2 Å². The van der Waals surface area contributed by atoms with Gasteiger partial charge in [0.2, 0.25) is 0 Å². The molecule has 0 saturated carbocycles. The van der Waals surface area contributed by atoms with Gasteiger partial charge in [-0.25, -0.2) is 9.18 Å². The van der Waals surface area contributed by atoms with Crippen molar-refractivity contribution in [2.75, 3.05) is 5.75 Å². The Morgan fingerprint density at radius 1 is 1.38 bits per heavy atom. The van der Waals surface area contributed by atoms with Crippen molar-refractivity contribution in [3.63, 3.8) is 0 Å². The number of rotatable bonds is 7. The molecule has 0 aliphatic carbocycles. The van der Waals surface area contributed by atoms with Gasteiger partial charge in [-0.3, -0.25) is 4.21 Å². The third-order valence-electron chi connectivity index (χ3n) is 3.06. The van der Waals surface area contributed by atoms with E-state index in [4.69, 9.17) is 23.2 Å². The number of alkyl halides is 3. The summed E-state index contributed by atoms with van der Waals surface area (Å²) in [4.78, 5) is 11.4. The molecule has 0 radical (unpaired) electrons. The maximum Gasteiger partial charge on any atom is 0.336 e. The van der Waals surface area contributed by atoms with Crippen molar-refractivity contribution in [2.24, 2.45) is 0 Å². The summed E-state index contributed by atoms with van der Waals surface area (Å²) >= 11 is 11.0. The fourth-order valence-corrected chi connectivity index (χ4v) is 4.21. The normalized spacial score (nSPS) is 13.2. The molecular weight excluding hydrogens is 338 g/mol. The fourth-order valence-electron chi connectivity index (χ4n) is 2.04. The molecule has 1 aromatic rings. The van der Waals surface area contributed by atoms with Gasteiger partial charge in [0.05, 0.1) is 21.3 Å². The number of aromatic carboxylic acids is 1. The summed E-state index contributed by atoms with van der Waals surface area (Å²) in [5.41, 5.74) is 0.179. The second kappa shape index (κ2) is 7.56. The highest BCUT2D eigenvalue weighted by atomic mass is 35.5. The molecular formula is C14H17Cl2FO3S. The Hall–Kier alpha value is -0.650. The van der Waals surface area contributed by atoms with Crippen LogP contribution in [0, 0.1) is 0 Å². The van der Waals surface area contributed by atoms with Crippen LogP contribution in [0.25, 0.3) is 0 Å². The molecule has 0 aliphatic rings. The van der Waals surface area contributed by atoms with E-state index in [1.807, 2.05) is 6.92 Å². The van der Waals surface area contributed by atoms with E-state index in [0.29, 0.717) is 24.2 Å². The van der Waals surface area contributed by atoms with Gasteiger partial charge in [-0.15, -0.1) is 0 Å². The Balaban J connectivity index is 3.55. The zero-order chi connectivity index (χ0) is 16.2. The average Bonchev–Trinajstić information content (AvgIpc) is 2.41. The van der Waals surface area contributed by atoms with Crippen molar-refractivity contribution in [1.82, 2.24) is 0 Å². The van der Waals surface area contributed by atoms with Gasteiger partial charge in [-0.2, -0.15) is 0 Å². The standard InChI is InChI=1S/C14H17Cl2FO3S/c1-3-5-8-21(20)12-9(4-2)10(13(18)19)6-7-11(12)14(15,16)17/h6-7H,3-5,8H2,1-2H3,(H,18,19)/t21-/m0/s1. The molecule has 1 N–H and O–H groups in total. The fraction of sp³-hybridized carbons (Fsp3) is 0.500. The zero-order valence-electron chi connectivity index (χ0n) is 11.8. The quantitative estimate of drug-likeness (QED) is 0.737. The highest BCUT2D eigenvalue weighted by Crippen LogP contribution is 2.40. The van der Waals surface area contributed by atoms with E-state index in [1.165, 1.54) is 12.1 Å². The number of benzene rings is 1. The Morgan fingerprint density at radius 3 is 2.43 bits per heavy atom. The van der Waals surface area contributed by atoms with Crippen LogP contribution in [-0.4, -0.2) is 21.0 Å². The summed E-state index contributed by atoms with van der Waals surface area (Å²) in [5, 5.41) is 9.21. The molecule has 0 fully saturated rings. The van der Waals surface area contributed by atoms with E-state index in [0.717, 1.165) is 6.42 Å². The van der Waals surface area contributed by atoms with Crippen LogP contribution < -0.4 is 0 Å². The second-order valence-corrected chi connectivity index (χ2v) is 7.27. The molecule has 0 aromatic heterocycles. The predicted molar refractivity (Wildman–Crippen MR) is 83.5 cm³/mol. The van der Waals surface area contributed by atoms with E-state index < -0.39 is 21.4 Å². The maximum absolute atomic E-state index is 14.0. The van der Waals surface area contributed by atoms with E-state index in [2.05, 4.69) is 0 Å². The van der Waals surface area contributed by atoms with E-state index in [9.17, 15) is 18.5 Å². The van der Waals surface area contributed by atoms with Crippen molar-refractivity contribution >= 4 is 40.0 Å². The Morgan fingerprint density at radius 2 is 2.00 bits per heavy atom. The van der Waals surface area contributed by atoms with Crippen molar-refractivity contribution in [3.8, 4) is 0 Å². The molecule has 0 amide bonds. The molecule has 1 rings (SSSR count). The Labute approximate surface area is 135 Å². The molecule has 0 unspecified atom stereocenters. The molecule has 0 bridgehead atoms. The first-order chi connectivity index (χ1) is 9.73.